The Bertz CT molecular complexity index is 987. The molecule has 3 aromatic rings. The van der Waals surface area contributed by atoms with Gasteiger partial charge in [0.1, 0.15) is 13.2 Å². The highest BCUT2D eigenvalue weighted by molar-refractivity contribution is 6.04. The molecule has 2 heterocycles. The monoisotopic (exact) mass is 375 g/mol. The number of nitrogens with zero attached hydrogens (tertiary/aromatic N) is 1. The molecule has 1 aliphatic heterocycles. The Morgan fingerprint density at radius 1 is 0.929 bits per heavy atom. The number of hydrogen-bond acceptors (Lipinski definition) is 5. The largest absolute Gasteiger partial charge is 0.486 e. The number of nitrogens with one attached hydrogen (secondary N) is 2. The van der Waals surface area contributed by atoms with E-state index < -0.39 is 0 Å². The van der Waals surface area contributed by atoms with Crippen molar-refractivity contribution in [1.29, 1.82) is 0 Å². The second-order valence-electron chi connectivity index (χ2n) is 6.45. The SMILES string of the molecule is CCc1ccc(NC(=O)c2cncc(Nc3ccc4c(c3)OCCO4)c2)cc1. The van der Waals surface area contributed by atoms with Crippen molar-refractivity contribution in [2.45, 2.75) is 13.3 Å². The number of fused-ring (bicyclic) bond motifs is 1. The molecule has 0 radical (unpaired) electrons. The van der Waals surface area contributed by atoms with Crippen molar-refractivity contribution in [2.24, 2.45) is 0 Å². The summed E-state index contributed by atoms with van der Waals surface area (Å²) in [4.78, 5) is 16.7. The number of carbonyl (C=O) groups excluding carboxylic acids is 1. The minimum atomic E-state index is -0.206. The predicted molar refractivity (Wildman–Crippen MR) is 109 cm³/mol. The molecule has 6 nitrogen and oxygen atoms in total. The Kier molecular flexibility index (Phi) is 5.10. The van der Waals surface area contributed by atoms with Crippen molar-refractivity contribution in [3.05, 3.63) is 72.1 Å². The van der Waals surface area contributed by atoms with Crippen LogP contribution in [-0.2, 0) is 6.42 Å². The van der Waals surface area contributed by atoms with Crippen molar-refractivity contribution >= 4 is 23.0 Å². The number of amides is 1. The van der Waals surface area contributed by atoms with Crippen LogP contribution < -0.4 is 20.1 Å². The summed E-state index contributed by atoms with van der Waals surface area (Å²) in [6, 6.07) is 15.2. The van der Waals surface area contributed by atoms with Gasteiger partial charge in [-0.15, -0.1) is 0 Å². The van der Waals surface area contributed by atoms with E-state index in [-0.39, 0.29) is 5.91 Å². The van der Waals surface area contributed by atoms with Gasteiger partial charge in [-0.2, -0.15) is 0 Å². The normalized spacial score (nSPS) is 12.3. The van der Waals surface area contributed by atoms with Crippen LogP contribution in [0.5, 0.6) is 11.5 Å². The summed E-state index contributed by atoms with van der Waals surface area (Å²) in [6.45, 7) is 3.19. The second kappa shape index (κ2) is 8.00. The number of pyridine rings is 1. The number of aromatic nitrogens is 1. The van der Waals surface area contributed by atoms with Gasteiger partial charge >= 0.3 is 0 Å². The average Bonchev–Trinajstić information content (AvgIpc) is 2.74. The molecule has 1 aromatic heterocycles. The molecular formula is C22H21N3O3. The fourth-order valence-corrected chi connectivity index (χ4v) is 2.95. The summed E-state index contributed by atoms with van der Waals surface area (Å²) in [6.07, 6.45) is 4.18. The molecule has 0 saturated carbocycles. The van der Waals surface area contributed by atoms with E-state index >= 15 is 0 Å². The van der Waals surface area contributed by atoms with Crippen molar-refractivity contribution in [3.8, 4) is 11.5 Å². The first-order chi connectivity index (χ1) is 13.7. The standard InChI is InChI=1S/C22H21N3O3/c1-2-15-3-5-17(6-4-15)25-22(26)16-11-19(14-23-13-16)24-18-7-8-20-21(12-18)28-10-9-27-20/h3-8,11-14,24H,2,9-10H2,1H3,(H,25,26). The van der Waals surface area contributed by atoms with Crippen LogP contribution in [0.4, 0.5) is 17.1 Å². The molecule has 0 saturated heterocycles. The number of ether oxygens (including phenoxy) is 2. The van der Waals surface area contributed by atoms with E-state index in [0.717, 1.165) is 23.5 Å². The van der Waals surface area contributed by atoms with Gasteiger partial charge < -0.3 is 20.1 Å². The highest BCUT2D eigenvalue weighted by Gasteiger charge is 2.12. The molecule has 1 amide bonds. The van der Waals surface area contributed by atoms with Crippen LogP contribution in [0.2, 0.25) is 0 Å². The number of anilines is 3. The lowest BCUT2D eigenvalue weighted by Crippen LogP contribution is -2.15. The van der Waals surface area contributed by atoms with Crippen molar-refractivity contribution < 1.29 is 14.3 Å². The van der Waals surface area contributed by atoms with Crippen LogP contribution in [0.3, 0.4) is 0 Å². The van der Waals surface area contributed by atoms with Gasteiger partial charge in [0.05, 0.1) is 17.4 Å². The van der Waals surface area contributed by atoms with E-state index in [4.69, 9.17) is 9.47 Å². The highest BCUT2D eigenvalue weighted by Crippen LogP contribution is 2.33. The summed E-state index contributed by atoms with van der Waals surface area (Å²) in [7, 11) is 0. The minimum absolute atomic E-state index is 0.206. The summed E-state index contributed by atoms with van der Waals surface area (Å²) >= 11 is 0. The molecule has 0 atom stereocenters. The fourth-order valence-electron chi connectivity index (χ4n) is 2.95. The third-order valence-electron chi connectivity index (χ3n) is 4.45. The van der Waals surface area contributed by atoms with Gasteiger partial charge in [-0.1, -0.05) is 19.1 Å². The van der Waals surface area contributed by atoms with Crippen molar-refractivity contribution in [3.63, 3.8) is 0 Å². The van der Waals surface area contributed by atoms with Crippen LogP contribution >= 0.6 is 0 Å². The lowest BCUT2D eigenvalue weighted by atomic mass is 10.1. The smallest absolute Gasteiger partial charge is 0.257 e. The van der Waals surface area contributed by atoms with E-state index in [9.17, 15) is 4.79 Å². The van der Waals surface area contributed by atoms with Gasteiger partial charge in [0, 0.05) is 23.6 Å². The Balaban J connectivity index is 1.47. The maximum absolute atomic E-state index is 12.5. The first-order valence-electron chi connectivity index (χ1n) is 9.23. The van der Waals surface area contributed by atoms with E-state index in [1.54, 1.807) is 18.5 Å². The van der Waals surface area contributed by atoms with Crippen LogP contribution in [-0.4, -0.2) is 24.1 Å². The average molecular weight is 375 g/mol. The maximum Gasteiger partial charge on any atom is 0.257 e. The summed E-state index contributed by atoms with van der Waals surface area (Å²) in [5.41, 5.74) is 4.00. The van der Waals surface area contributed by atoms with E-state index in [1.165, 1.54) is 5.56 Å². The molecule has 142 valence electrons. The topological polar surface area (TPSA) is 72.5 Å². The molecule has 0 aliphatic carbocycles. The number of aryl methyl sites for hydroxylation is 1. The summed E-state index contributed by atoms with van der Waals surface area (Å²) in [5.74, 6) is 1.23. The predicted octanol–water partition coefficient (Wildman–Crippen LogP) is 4.41. The molecule has 0 fully saturated rings. The molecule has 0 bridgehead atoms. The fraction of sp³-hybridized carbons (Fsp3) is 0.182. The van der Waals surface area contributed by atoms with E-state index in [0.29, 0.717) is 30.2 Å². The molecule has 0 spiro atoms. The van der Waals surface area contributed by atoms with E-state index in [2.05, 4.69) is 22.5 Å². The lowest BCUT2D eigenvalue weighted by Gasteiger charge is -2.19. The van der Waals surface area contributed by atoms with Crippen LogP contribution in [0.25, 0.3) is 0 Å². The number of hydrogen-bond donors (Lipinski definition) is 2. The zero-order valence-electron chi connectivity index (χ0n) is 15.6. The van der Waals surface area contributed by atoms with Gasteiger partial charge in [0.25, 0.3) is 5.91 Å². The zero-order valence-corrected chi connectivity index (χ0v) is 15.6. The van der Waals surface area contributed by atoms with Crippen LogP contribution in [0, 0.1) is 0 Å². The lowest BCUT2D eigenvalue weighted by molar-refractivity contribution is 0.102. The van der Waals surface area contributed by atoms with Gasteiger partial charge in [-0.3, -0.25) is 9.78 Å². The Morgan fingerprint density at radius 2 is 1.68 bits per heavy atom. The van der Waals surface area contributed by atoms with Gasteiger partial charge in [0.15, 0.2) is 11.5 Å². The maximum atomic E-state index is 12.5. The Morgan fingerprint density at radius 3 is 2.46 bits per heavy atom. The molecule has 6 heteroatoms. The van der Waals surface area contributed by atoms with E-state index in [1.807, 2.05) is 42.5 Å². The zero-order chi connectivity index (χ0) is 19.3. The van der Waals surface area contributed by atoms with Crippen molar-refractivity contribution in [1.82, 2.24) is 4.98 Å². The van der Waals surface area contributed by atoms with Gasteiger partial charge in [-0.25, -0.2) is 0 Å². The quantitative estimate of drug-likeness (QED) is 0.691. The molecule has 2 N–H and O–H groups in total. The minimum Gasteiger partial charge on any atom is -0.486 e. The van der Waals surface area contributed by atoms with Gasteiger partial charge in [0.2, 0.25) is 0 Å². The number of benzene rings is 2. The van der Waals surface area contributed by atoms with Crippen LogP contribution in [0.15, 0.2) is 60.9 Å². The van der Waals surface area contributed by atoms with Gasteiger partial charge in [-0.05, 0) is 42.3 Å². The third-order valence-corrected chi connectivity index (χ3v) is 4.45. The Hall–Kier alpha value is -3.54. The number of carbonyl (C=O) groups is 1. The van der Waals surface area contributed by atoms with Crippen LogP contribution in [0.1, 0.15) is 22.8 Å². The Labute approximate surface area is 163 Å². The second-order valence-corrected chi connectivity index (χ2v) is 6.45. The first-order valence-corrected chi connectivity index (χ1v) is 9.23. The molecule has 1 aliphatic rings. The molecule has 28 heavy (non-hydrogen) atoms. The highest BCUT2D eigenvalue weighted by atomic mass is 16.6. The first kappa shape index (κ1) is 17.9. The third kappa shape index (κ3) is 4.06. The summed E-state index contributed by atoms with van der Waals surface area (Å²) in [5, 5.41) is 6.15. The molecule has 4 rings (SSSR count). The molecule has 0 unspecified atom stereocenters. The number of rotatable bonds is 5. The molecule has 2 aromatic carbocycles. The van der Waals surface area contributed by atoms with Crippen molar-refractivity contribution in [2.75, 3.05) is 23.8 Å². The summed E-state index contributed by atoms with van der Waals surface area (Å²) < 4.78 is 11.1. The molecular weight excluding hydrogens is 354 g/mol.